The quantitative estimate of drug-likeness (QED) is 0.885. The summed E-state index contributed by atoms with van der Waals surface area (Å²) in [6.07, 6.45) is 6.89. The fraction of sp³-hybridized carbons (Fsp3) is 0.667. The van der Waals surface area contributed by atoms with E-state index in [1.54, 1.807) is 12.5 Å². The lowest BCUT2D eigenvalue weighted by Crippen LogP contribution is -2.41. The molecule has 7 nitrogen and oxygen atoms in total. The fourth-order valence-corrected chi connectivity index (χ4v) is 3.43. The largest absolute Gasteiger partial charge is 0.381 e. The first-order chi connectivity index (χ1) is 10.9. The Labute approximate surface area is 129 Å². The molecule has 0 spiro atoms. The van der Waals surface area contributed by atoms with Crippen molar-refractivity contribution in [2.75, 3.05) is 38.2 Å². The van der Waals surface area contributed by atoms with Gasteiger partial charge in [-0.15, -0.1) is 0 Å². The summed E-state index contributed by atoms with van der Waals surface area (Å²) < 4.78 is 5.47. The van der Waals surface area contributed by atoms with Crippen molar-refractivity contribution in [3.8, 4) is 0 Å². The number of hydrogen-bond acceptors (Lipinski definition) is 6. The number of ether oxygens (including phenoxy) is 1. The van der Waals surface area contributed by atoms with Crippen molar-refractivity contribution < 1.29 is 4.74 Å². The van der Waals surface area contributed by atoms with Crippen LogP contribution in [0.15, 0.2) is 12.5 Å². The molecule has 2 fully saturated rings. The van der Waals surface area contributed by atoms with Crippen LogP contribution in [0.4, 0.5) is 5.82 Å². The number of H-pyrrole nitrogens is 1. The Morgan fingerprint density at radius 2 is 2.18 bits per heavy atom. The minimum Gasteiger partial charge on any atom is -0.381 e. The lowest BCUT2D eigenvalue weighted by atomic mass is 10.0. The molecule has 1 atom stereocenters. The summed E-state index contributed by atoms with van der Waals surface area (Å²) in [6.45, 7) is 5.36. The monoisotopic (exact) mass is 302 g/mol. The second kappa shape index (κ2) is 6.18. The molecule has 0 radical (unpaired) electrons. The van der Waals surface area contributed by atoms with Gasteiger partial charge in [0.15, 0.2) is 5.65 Å². The van der Waals surface area contributed by atoms with Gasteiger partial charge in [-0.3, -0.25) is 5.10 Å². The van der Waals surface area contributed by atoms with Crippen LogP contribution in [0.25, 0.3) is 11.0 Å². The Hall–Kier alpha value is -1.73. The van der Waals surface area contributed by atoms with Gasteiger partial charge in [0, 0.05) is 32.3 Å². The fourth-order valence-electron chi connectivity index (χ4n) is 3.43. The van der Waals surface area contributed by atoms with Gasteiger partial charge in [0.25, 0.3) is 0 Å². The standard InChI is InChI=1S/C15H22N6O/c1-4-21(8-11-3-6-22-9-11)5-2-12(1)19-14-13-7-18-20-15(13)17-10-16-14/h7,10-12H,1-6,8-9H2,(H2,16,17,18,19,20). The van der Waals surface area contributed by atoms with Crippen LogP contribution in [-0.4, -0.2) is 64.0 Å². The van der Waals surface area contributed by atoms with Gasteiger partial charge in [-0.1, -0.05) is 0 Å². The van der Waals surface area contributed by atoms with Gasteiger partial charge < -0.3 is 15.0 Å². The molecule has 2 saturated heterocycles. The predicted molar refractivity (Wildman–Crippen MR) is 83.7 cm³/mol. The molecule has 2 aliphatic heterocycles. The third-order valence-electron chi connectivity index (χ3n) is 4.72. The Bertz CT molecular complexity index is 615. The predicted octanol–water partition coefficient (Wildman–Crippen LogP) is 1.27. The molecule has 0 aromatic carbocycles. The van der Waals surface area contributed by atoms with Crippen molar-refractivity contribution in [1.82, 2.24) is 25.1 Å². The molecule has 4 heterocycles. The van der Waals surface area contributed by atoms with E-state index in [1.807, 2.05) is 0 Å². The number of rotatable bonds is 4. The van der Waals surface area contributed by atoms with Crippen LogP contribution in [0.5, 0.6) is 0 Å². The molecule has 7 heteroatoms. The number of aromatic nitrogens is 4. The van der Waals surface area contributed by atoms with Crippen LogP contribution in [0, 0.1) is 5.92 Å². The number of anilines is 1. The molecule has 2 N–H and O–H groups in total. The van der Waals surface area contributed by atoms with Crippen molar-refractivity contribution in [3.05, 3.63) is 12.5 Å². The van der Waals surface area contributed by atoms with Crippen LogP contribution in [0.1, 0.15) is 19.3 Å². The third-order valence-corrected chi connectivity index (χ3v) is 4.72. The van der Waals surface area contributed by atoms with Gasteiger partial charge in [0.05, 0.1) is 18.2 Å². The molecule has 2 aliphatic rings. The van der Waals surface area contributed by atoms with Crippen molar-refractivity contribution in [2.45, 2.75) is 25.3 Å². The highest BCUT2D eigenvalue weighted by Crippen LogP contribution is 2.22. The van der Waals surface area contributed by atoms with Crippen LogP contribution in [0.2, 0.25) is 0 Å². The van der Waals surface area contributed by atoms with E-state index < -0.39 is 0 Å². The average molecular weight is 302 g/mol. The Morgan fingerprint density at radius 3 is 3.00 bits per heavy atom. The number of aromatic amines is 1. The molecular formula is C15H22N6O. The van der Waals surface area contributed by atoms with Crippen LogP contribution < -0.4 is 5.32 Å². The highest BCUT2D eigenvalue weighted by Gasteiger charge is 2.24. The molecular weight excluding hydrogens is 280 g/mol. The van der Waals surface area contributed by atoms with E-state index in [1.165, 1.54) is 13.0 Å². The Balaban J connectivity index is 1.33. The van der Waals surface area contributed by atoms with Crippen molar-refractivity contribution in [2.24, 2.45) is 5.92 Å². The van der Waals surface area contributed by atoms with Crippen molar-refractivity contribution in [3.63, 3.8) is 0 Å². The summed E-state index contributed by atoms with van der Waals surface area (Å²) in [4.78, 5) is 11.1. The van der Waals surface area contributed by atoms with E-state index >= 15 is 0 Å². The number of fused-ring (bicyclic) bond motifs is 1. The zero-order valence-corrected chi connectivity index (χ0v) is 12.7. The maximum atomic E-state index is 5.47. The molecule has 4 rings (SSSR count). The minimum atomic E-state index is 0.476. The first-order valence-corrected chi connectivity index (χ1v) is 8.09. The lowest BCUT2D eigenvalue weighted by Gasteiger charge is -2.33. The summed E-state index contributed by atoms with van der Waals surface area (Å²) in [5, 5.41) is 11.4. The molecule has 0 bridgehead atoms. The van der Waals surface area contributed by atoms with Crippen molar-refractivity contribution in [1.29, 1.82) is 0 Å². The van der Waals surface area contributed by atoms with Crippen LogP contribution in [-0.2, 0) is 4.74 Å². The van der Waals surface area contributed by atoms with E-state index in [0.717, 1.165) is 61.9 Å². The summed E-state index contributed by atoms with van der Waals surface area (Å²) in [7, 11) is 0. The molecule has 1 unspecified atom stereocenters. The minimum absolute atomic E-state index is 0.476. The van der Waals surface area contributed by atoms with Crippen molar-refractivity contribution >= 4 is 16.9 Å². The van der Waals surface area contributed by atoms with E-state index in [-0.39, 0.29) is 0 Å². The topological polar surface area (TPSA) is 79.0 Å². The summed E-state index contributed by atoms with van der Waals surface area (Å²) in [5.74, 6) is 1.62. The third kappa shape index (κ3) is 2.91. The maximum absolute atomic E-state index is 5.47. The second-order valence-electron chi connectivity index (χ2n) is 6.30. The second-order valence-corrected chi connectivity index (χ2v) is 6.30. The lowest BCUT2D eigenvalue weighted by molar-refractivity contribution is 0.154. The van der Waals surface area contributed by atoms with Crippen LogP contribution in [0.3, 0.4) is 0 Å². The Morgan fingerprint density at radius 1 is 1.27 bits per heavy atom. The molecule has 118 valence electrons. The molecule has 22 heavy (non-hydrogen) atoms. The van der Waals surface area contributed by atoms with E-state index in [4.69, 9.17) is 4.74 Å². The molecule has 2 aromatic rings. The number of nitrogens with one attached hydrogen (secondary N) is 2. The van der Waals surface area contributed by atoms with Crippen LogP contribution >= 0.6 is 0 Å². The van der Waals surface area contributed by atoms with E-state index in [0.29, 0.717) is 6.04 Å². The number of nitrogens with zero attached hydrogens (tertiary/aromatic N) is 4. The number of hydrogen-bond donors (Lipinski definition) is 2. The Kier molecular flexibility index (Phi) is 3.90. The smallest absolute Gasteiger partial charge is 0.160 e. The van der Waals surface area contributed by atoms with E-state index in [2.05, 4.69) is 30.4 Å². The highest BCUT2D eigenvalue weighted by atomic mass is 16.5. The number of piperidine rings is 1. The SMILES string of the molecule is c1nc(NC2CCN(CC3CCOC3)CC2)c2cn[nH]c2n1. The molecule has 2 aromatic heterocycles. The first-order valence-electron chi connectivity index (χ1n) is 8.09. The summed E-state index contributed by atoms with van der Waals surface area (Å²) in [5.41, 5.74) is 0.788. The number of likely N-dealkylation sites (tertiary alicyclic amines) is 1. The van der Waals surface area contributed by atoms with Gasteiger partial charge in [-0.2, -0.15) is 5.10 Å². The highest BCUT2D eigenvalue weighted by molar-refractivity contribution is 5.85. The molecule has 0 saturated carbocycles. The van der Waals surface area contributed by atoms with Gasteiger partial charge in [0.1, 0.15) is 12.1 Å². The first kappa shape index (κ1) is 13.9. The zero-order chi connectivity index (χ0) is 14.8. The summed E-state index contributed by atoms with van der Waals surface area (Å²) >= 11 is 0. The summed E-state index contributed by atoms with van der Waals surface area (Å²) in [6, 6.07) is 0.476. The average Bonchev–Trinajstić information content (AvgIpc) is 3.21. The normalized spacial score (nSPS) is 24.1. The van der Waals surface area contributed by atoms with Gasteiger partial charge in [-0.25, -0.2) is 9.97 Å². The zero-order valence-electron chi connectivity index (χ0n) is 12.7. The van der Waals surface area contributed by atoms with Gasteiger partial charge in [-0.05, 0) is 25.2 Å². The van der Waals surface area contributed by atoms with E-state index in [9.17, 15) is 0 Å². The molecule has 0 aliphatic carbocycles. The van der Waals surface area contributed by atoms with Gasteiger partial charge >= 0.3 is 0 Å². The molecule has 0 amide bonds. The maximum Gasteiger partial charge on any atom is 0.160 e. The van der Waals surface area contributed by atoms with Gasteiger partial charge in [0.2, 0.25) is 0 Å².